The van der Waals surface area contributed by atoms with E-state index in [9.17, 15) is 4.39 Å². The Morgan fingerprint density at radius 2 is 2.19 bits per heavy atom. The molecular formula is C12H12FN3. The molecule has 1 aromatic heterocycles. The van der Waals surface area contributed by atoms with Gasteiger partial charge in [0.1, 0.15) is 17.3 Å². The third-order valence-corrected chi connectivity index (χ3v) is 2.33. The third-order valence-electron chi connectivity index (χ3n) is 2.33. The molecule has 1 heterocycles. The van der Waals surface area contributed by atoms with Gasteiger partial charge in [-0.2, -0.15) is 0 Å². The second-order valence-electron chi connectivity index (χ2n) is 3.40. The van der Waals surface area contributed by atoms with Crippen molar-refractivity contribution >= 4 is 5.82 Å². The van der Waals surface area contributed by atoms with Gasteiger partial charge in [0.05, 0.1) is 6.33 Å². The Labute approximate surface area is 93.0 Å². The van der Waals surface area contributed by atoms with Crippen LogP contribution in [0, 0.1) is 5.82 Å². The monoisotopic (exact) mass is 217 g/mol. The first-order valence-corrected chi connectivity index (χ1v) is 4.90. The molecule has 0 atom stereocenters. The fraction of sp³-hybridized carbons (Fsp3) is 0.0833. The first kappa shape index (κ1) is 10.4. The minimum atomic E-state index is -0.321. The average molecular weight is 217 g/mol. The predicted octanol–water partition coefficient (Wildman–Crippen LogP) is 2.46. The van der Waals surface area contributed by atoms with Crippen LogP contribution in [0.15, 0.2) is 43.2 Å². The highest BCUT2D eigenvalue weighted by Gasteiger charge is 2.12. The van der Waals surface area contributed by atoms with Gasteiger partial charge >= 0.3 is 0 Å². The smallest absolute Gasteiger partial charge is 0.132 e. The summed E-state index contributed by atoms with van der Waals surface area (Å²) in [4.78, 5) is 4.12. The van der Waals surface area contributed by atoms with Gasteiger partial charge in [-0.15, -0.1) is 6.58 Å². The van der Waals surface area contributed by atoms with Gasteiger partial charge in [0, 0.05) is 12.1 Å². The molecule has 16 heavy (non-hydrogen) atoms. The number of aromatic nitrogens is 2. The molecule has 82 valence electrons. The number of halogens is 1. The number of nitrogens with zero attached hydrogens (tertiary/aromatic N) is 2. The van der Waals surface area contributed by atoms with E-state index in [0.29, 0.717) is 23.6 Å². The van der Waals surface area contributed by atoms with Gasteiger partial charge in [-0.05, 0) is 12.1 Å². The third kappa shape index (κ3) is 1.69. The van der Waals surface area contributed by atoms with Crippen LogP contribution < -0.4 is 5.73 Å². The van der Waals surface area contributed by atoms with Crippen molar-refractivity contribution in [3.63, 3.8) is 0 Å². The molecule has 0 aliphatic rings. The van der Waals surface area contributed by atoms with Crippen molar-refractivity contribution in [1.29, 1.82) is 0 Å². The molecule has 0 radical (unpaired) electrons. The molecule has 0 amide bonds. The lowest BCUT2D eigenvalue weighted by atomic mass is 10.1. The standard InChI is InChI=1S/C12H12FN3/c1-2-7-16-8-15-11(12(16)14)9-5-3-4-6-10(9)13/h2-6,8H,1,7,14H2. The van der Waals surface area contributed by atoms with Crippen molar-refractivity contribution < 1.29 is 4.39 Å². The van der Waals surface area contributed by atoms with Gasteiger partial charge < -0.3 is 10.3 Å². The number of nitrogens with two attached hydrogens (primary N) is 1. The van der Waals surface area contributed by atoms with Crippen molar-refractivity contribution in [2.45, 2.75) is 6.54 Å². The Kier molecular flexibility index (Phi) is 2.72. The number of imidazole rings is 1. The molecule has 2 aromatic rings. The molecule has 2 N–H and O–H groups in total. The molecule has 0 spiro atoms. The summed E-state index contributed by atoms with van der Waals surface area (Å²) in [7, 11) is 0. The fourth-order valence-corrected chi connectivity index (χ4v) is 1.54. The van der Waals surface area contributed by atoms with Crippen molar-refractivity contribution in [3.8, 4) is 11.3 Å². The van der Waals surface area contributed by atoms with Crippen molar-refractivity contribution in [2.75, 3.05) is 5.73 Å². The summed E-state index contributed by atoms with van der Waals surface area (Å²) in [6.45, 7) is 4.18. The van der Waals surface area contributed by atoms with Crippen LogP contribution in [0.3, 0.4) is 0 Å². The number of nitrogen functional groups attached to an aromatic ring is 1. The molecule has 3 nitrogen and oxygen atoms in total. The van der Waals surface area contributed by atoms with Gasteiger partial charge in [-0.3, -0.25) is 0 Å². The van der Waals surface area contributed by atoms with Crippen LogP contribution in [-0.4, -0.2) is 9.55 Å². The van der Waals surface area contributed by atoms with Crippen LogP contribution in [0.2, 0.25) is 0 Å². The largest absolute Gasteiger partial charge is 0.383 e. The SMILES string of the molecule is C=CCn1cnc(-c2ccccc2F)c1N. The zero-order chi connectivity index (χ0) is 11.5. The lowest BCUT2D eigenvalue weighted by molar-refractivity contribution is 0.631. The van der Waals surface area contributed by atoms with Crippen molar-refractivity contribution in [3.05, 3.63) is 49.1 Å². The van der Waals surface area contributed by atoms with Gasteiger partial charge in [-0.25, -0.2) is 9.37 Å². The maximum absolute atomic E-state index is 13.5. The molecule has 0 aliphatic heterocycles. The molecule has 4 heteroatoms. The lowest BCUT2D eigenvalue weighted by Crippen LogP contribution is -2.00. The highest BCUT2D eigenvalue weighted by Crippen LogP contribution is 2.26. The summed E-state index contributed by atoms with van der Waals surface area (Å²) in [5, 5.41) is 0. The number of benzene rings is 1. The minimum absolute atomic E-state index is 0.321. The number of hydrogen-bond donors (Lipinski definition) is 1. The molecule has 0 saturated carbocycles. The van der Waals surface area contributed by atoms with Gasteiger partial charge in [0.15, 0.2) is 0 Å². The van der Waals surface area contributed by atoms with Crippen LogP contribution in [0.25, 0.3) is 11.3 Å². The Balaban J connectivity index is 2.49. The van der Waals surface area contributed by atoms with Gasteiger partial charge in [-0.1, -0.05) is 18.2 Å². The van der Waals surface area contributed by atoms with E-state index in [0.717, 1.165) is 0 Å². The van der Waals surface area contributed by atoms with E-state index in [4.69, 9.17) is 5.73 Å². The minimum Gasteiger partial charge on any atom is -0.383 e. The fourth-order valence-electron chi connectivity index (χ4n) is 1.54. The van der Waals surface area contributed by atoms with E-state index in [-0.39, 0.29) is 5.82 Å². The van der Waals surface area contributed by atoms with Gasteiger partial charge in [0.2, 0.25) is 0 Å². The molecule has 0 bridgehead atoms. The maximum Gasteiger partial charge on any atom is 0.132 e. The summed E-state index contributed by atoms with van der Waals surface area (Å²) in [5.74, 6) is 0.128. The number of allylic oxidation sites excluding steroid dienone is 1. The molecular weight excluding hydrogens is 205 g/mol. The summed E-state index contributed by atoms with van der Waals surface area (Å²) >= 11 is 0. The molecule has 1 aromatic carbocycles. The van der Waals surface area contributed by atoms with E-state index >= 15 is 0 Å². The molecule has 0 saturated heterocycles. The van der Waals surface area contributed by atoms with E-state index in [2.05, 4.69) is 11.6 Å². The Morgan fingerprint density at radius 1 is 1.44 bits per heavy atom. The number of rotatable bonds is 3. The maximum atomic E-state index is 13.5. The molecule has 0 fully saturated rings. The number of anilines is 1. The number of hydrogen-bond acceptors (Lipinski definition) is 2. The molecule has 2 rings (SSSR count). The molecule has 0 unspecified atom stereocenters. The second kappa shape index (κ2) is 4.18. The summed E-state index contributed by atoms with van der Waals surface area (Å²) in [5.41, 5.74) is 6.77. The van der Waals surface area contributed by atoms with Crippen LogP contribution >= 0.6 is 0 Å². The van der Waals surface area contributed by atoms with Crippen LogP contribution in [0.5, 0.6) is 0 Å². The Bertz CT molecular complexity index is 517. The van der Waals surface area contributed by atoms with Crippen LogP contribution in [0.1, 0.15) is 0 Å². The zero-order valence-electron chi connectivity index (χ0n) is 8.73. The second-order valence-corrected chi connectivity index (χ2v) is 3.40. The quantitative estimate of drug-likeness (QED) is 0.802. The normalized spacial score (nSPS) is 10.3. The average Bonchev–Trinajstić information content (AvgIpc) is 2.62. The van der Waals surface area contributed by atoms with E-state index in [1.54, 1.807) is 35.2 Å². The van der Waals surface area contributed by atoms with E-state index < -0.39 is 0 Å². The zero-order valence-corrected chi connectivity index (χ0v) is 8.73. The molecule has 0 aliphatic carbocycles. The first-order chi connectivity index (χ1) is 7.74. The summed E-state index contributed by atoms with van der Waals surface area (Å²) in [6.07, 6.45) is 3.29. The topological polar surface area (TPSA) is 43.8 Å². The predicted molar refractivity (Wildman–Crippen MR) is 62.2 cm³/mol. The van der Waals surface area contributed by atoms with Crippen LogP contribution in [0.4, 0.5) is 10.2 Å². The Morgan fingerprint density at radius 3 is 2.88 bits per heavy atom. The summed E-state index contributed by atoms with van der Waals surface area (Å²) < 4.78 is 15.2. The van der Waals surface area contributed by atoms with Gasteiger partial charge in [0.25, 0.3) is 0 Å². The van der Waals surface area contributed by atoms with Crippen LogP contribution in [-0.2, 0) is 6.54 Å². The summed E-state index contributed by atoms with van der Waals surface area (Å²) in [6, 6.07) is 6.44. The lowest BCUT2D eigenvalue weighted by Gasteiger charge is -2.03. The highest BCUT2D eigenvalue weighted by molar-refractivity contribution is 5.70. The Hall–Kier alpha value is -2.10. The highest BCUT2D eigenvalue weighted by atomic mass is 19.1. The van der Waals surface area contributed by atoms with Crippen molar-refractivity contribution in [1.82, 2.24) is 9.55 Å². The first-order valence-electron chi connectivity index (χ1n) is 4.90. The van der Waals surface area contributed by atoms with E-state index in [1.165, 1.54) is 6.07 Å². The van der Waals surface area contributed by atoms with E-state index in [1.807, 2.05) is 0 Å². The van der Waals surface area contributed by atoms with Crippen molar-refractivity contribution in [2.24, 2.45) is 0 Å².